The van der Waals surface area contributed by atoms with Crippen molar-refractivity contribution < 1.29 is 0 Å². The summed E-state index contributed by atoms with van der Waals surface area (Å²) in [6.45, 7) is 10.2. The van der Waals surface area contributed by atoms with Gasteiger partial charge in [-0.05, 0) is 46.2 Å². The Bertz CT molecular complexity index is 625. The van der Waals surface area contributed by atoms with Gasteiger partial charge in [-0.25, -0.2) is 9.97 Å². The molecule has 2 N–H and O–H groups in total. The number of rotatable bonds is 3. The maximum atomic E-state index is 6.08. The second-order valence-corrected chi connectivity index (χ2v) is 6.29. The van der Waals surface area contributed by atoms with Gasteiger partial charge in [-0.1, -0.05) is 23.8 Å². The Labute approximate surface area is 121 Å². The van der Waals surface area contributed by atoms with E-state index < -0.39 is 0 Å². The van der Waals surface area contributed by atoms with Crippen molar-refractivity contribution in [2.45, 2.75) is 46.6 Å². The Morgan fingerprint density at radius 3 is 2.35 bits per heavy atom. The third-order valence-corrected chi connectivity index (χ3v) is 3.17. The molecule has 106 valence electrons. The van der Waals surface area contributed by atoms with Crippen LogP contribution in [0.15, 0.2) is 24.3 Å². The molecular formula is C17H23N3. The molecule has 0 aliphatic carbocycles. The van der Waals surface area contributed by atoms with E-state index in [4.69, 9.17) is 5.73 Å². The average molecular weight is 269 g/mol. The SMILES string of the molecule is Cc1ccc(-c2cc(C)nc(CC(C)(C)N)n2)c(C)c1. The molecule has 0 saturated carbocycles. The third kappa shape index (κ3) is 3.64. The molecule has 20 heavy (non-hydrogen) atoms. The maximum Gasteiger partial charge on any atom is 0.131 e. The predicted molar refractivity (Wildman–Crippen MR) is 83.6 cm³/mol. The summed E-state index contributed by atoms with van der Waals surface area (Å²) in [7, 11) is 0. The van der Waals surface area contributed by atoms with Crippen LogP contribution in [0, 0.1) is 20.8 Å². The molecule has 1 aromatic heterocycles. The van der Waals surface area contributed by atoms with Gasteiger partial charge in [0.25, 0.3) is 0 Å². The van der Waals surface area contributed by atoms with Crippen LogP contribution < -0.4 is 5.73 Å². The molecule has 1 heterocycles. The molecule has 3 nitrogen and oxygen atoms in total. The van der Waals surface area contributed by atoms with Crippen molar-refractivity contribution in [1.82, 2.24) is 9.97 Å². The highest BCUT2D eigenvalue weighted by Crippen LogP contribution is 2.23. The lowest BCUT2D eigenvalue weighted by Gasteiger charge is -2.18. The van der Waals surface area contributed by atoms with Crippen molar-refractivity contribution in [3.8, 4) is 11.3 Å². The fraction of sp³-hybridized carbons (Fsp3) is 0.412. The summed E-state index contributed by atoms with van der Waals surface area (Å²) in [4.78, 5) is 9.19. The molecule has 0 aliphatic rings. The molecule has 3 heteroatoms. The van der Waals surface area contributed by atoms with Crippen LogP contribution in [-0.4, -0.2) is 15.5 Å². The molecule has 0 fully saturated rings. The van der Waals surface area contributed by atoms with E-state index in [0.717, 1.165) is 22.8 Å². The van der Waals surface area contributed by atoms with Crippen molar-refractivity contribution in [3.63, 3.8) is 0 Å². The molecule has 0 radical (unpaired) electrons. The Kier molecular flexibility index (Phi) is 3.91. The summed E-state index contributed by atoms with van der Waals surface area (Å²) in [5, 5.41) is 0. The van der Waals surface area contributed by atoms with Gasteiger partial charge in [-0.15, -0.1) is 0 Å². The fourth-order valence-corrected chi connectivity index (χ4v) is 2.36. The Balaban J connectivity index is 2.46. The van der Waals surface area contributed by atoms with E-state index >= 15 is 0 Å². The van der Waals surface area contributed by atoms with Crippen molar-refractivity contribution in [3.05, 3.63) is 46.9 Å². The van der Waals surface area contributed by atoms with Crippen molar-refractivity contribution in [2.75, 3.05) is 0 Å². The maximum absolute atomic E-state index is 6.08. The lowest BCUT2D eigenvalue weighted by molar-refractivity contribution is 0.502. The topological polar surface area (TPSA) is 51.8 Å². The monoisotopic (exact) mass is 269 g/mol. The van der Waals surface area contributed by atoms with Crippen LogP contribution in [0.3, 0.4) is 0 Å². The van der Waals surface area contributed by atoms with E-state index in [1.165, 1.54) is 11.1 Å². The zero-order valence-corrected chi connectivity index (χ0v) is 13.0. The molecule has 0 saturated heterocycles. The minimum atomic E-state index is -0.298. The number of nitrogens with two attached hydrogens (primary N) is 1. The highest BCUT2D eigenvalue weighted by molar-refractivity contribution is 5.64. The van der Waals surface area contributed by atoms with E-state index in [1.54, 1.807) is 0 Å². The van der Waals surface area contributed by atoms with Gasteiger partial charge < -0.3 is 5.73 Å². The van der Waals surface area contributed by atoms with Crippen LogP contribution in [0.4, 0.5) is 0 Å². The summed E-state index contributed by atoms with van der Waals surface area (Å²) >= 11 is 0. The summed E-state index contributed by atoms with van der Waals surface area (Å²) in [5.74, 6) is 0.812. The molecule has 0 aliphatic heterocycles. The van der Waals surface area contributed by atoms with Gasteiger partial charge in [0.15, 0.2) is 0 Å². The number of aryl methyl sites for hydroxylation is 3. The molecule has 0 spiro atoms. The van der Waals surface area contributed by atoms with E-state index in [1.807, 2.05) is 26.8 Å². The summed E-state index contributed by atoms with van der Waals surface area (Å²) in [5.41, 5.74) is 11.4. The Morgan fingerprint density at radius 2 is 1.75 bits per heavy atom. The van der Waals surface area contributed by atoms with Gasteiger partial charge in [0.1, 0.15) is 5.82 Å². The first kappa shape index (κ1) is 14.7. The second-order valence-electron chi connectivity index (χ2n) is 6.29. The van der Waals surface area contributed by atoms with Gasteiger partial charge in [0.2, 0.25) is 0 Å². The highest BCUT2D eigenvalue weighted by Gasteiger charge is 2.15. The molecule has 1 aromatic carbocycles. The van der Waals surface area contributed by atoms with Crippen molar-refractivity contribution in [2.24, 2.45) is 5.73 Å². The first-order valence-electron chi connectivity index (χ1n) is 6.96. The van der Waals surface area contributed by atoms with E-state index in [0.29, 0.717) is 6.42 Å². The molecular weight excluding hydrogens is 246 g/mol. The summed E-state index contributed by atoms with van der Waals surface area (Å²) in [6, 6.07) is 8.46. The quantitative estimate of drug-likeness (QED) is 0.929. The van der Waals surface area contributed by atoms with Crippen molar-refractivity contribution in [1.29, 1.82) is 0 Å². The molecule has 2 rings (SSSR count). The molecule has 0 unspecified atom stereocenters. The summed E-state index contributed by atoms with van der Waals surface area (Å²) in [6.07, 6.45) is 0.673. The second kappa shape index (κ2) is 5.33. The normalized spacial score (nSPS) is 11.7. The molecule has 0 amide bonds. The molecule has 0 bridgehead atoms. The first-order chi connectivity index (χ1) is 9.24. The molecule has 0 atom stereocenters. The van der Waals surface area contributed by atoms with E-state index in [9.17, 15) is 0 Å². The Hall–Kier alpha value is -1.74. The van der Waals surface area contributed by atoms with E-state index in [-0.39, 0.29) is 5.54 Å². The lowest BCUT2D eigenvalue weighted by atomic mass is 10.0. The van der Waals surface area contributed by atoms with E-state index in [2.05, 4.69) is 42.0 Å². The average Bonchev–Trinajstić information content (AvgIpc) is 2.25. The zero-order valence-electron chi connectivity index (χ0n) is 13.0. The number of nitrogens with zero attached hydrogens (tertiary/aromatic N) is 2. The summed E-state index contributed by atoms with van der Waals surface area (Å²) < 4.78 is 0. The van der Waals surface area contributed by atoms with Gasteiger partial charge >= 0.3 is 0 Å². The van der Waals surface area contributed by atoms with Crippen LogP contribution in [0.2, 0.25) is 0 Å². The largest absolute Gasteiger partial charge is 0.325 e. The number of aromatic nitrogens is 2. The van der Waals surface area contributed by atoms with Gasteiger partial charge in [0, 0.05) is 23.2 Å². The van der Waals surface area contributed by atoms with Crippen LogP contribution in [0.5, 0.6) is 0 Å². The van der Waals surface area contributed by atoms with Crippen LogP contribution >= 0.6 is 0 Å². The fourth-order valence-electron chi connectivity index (χ4n) is 2.36. The van der Waals surface area contributed by atoms with Gasteiger partial charge in [0.05, 0.1) is 5.69 Å². The number of benzene rings is 1. The standard InChI is InChI=1S/C17H23N3/c1-11-6-7-14(12(2)8-11)15-9-13(3)19-16(20-15)10-17(4,5)18/h6-9H,10,18H2,1-5H3. The number of hydrogen-bond acceptors (Lipinski definition) is 3. The number of hydrogen-bond donors (Lipinski definition) is 1. The van der Waals surface area contributed by atoms with Crippen LogP contribution in [0.1, 0.15) is 36.5 Å². The third-order valence-electron chi connectivity index (χ3n) is 3.17. The predicted octanol–water partition coefficient (Wildman–Crippen LogP) is 3.35. The van der Waals surface area contributed by atoms with Gasteiger partial charge in [-0.3, -0.25) is 0 Å². The highest BCUT2D eigenvalue weighted by atomic mass is 14.9. The molecule has 2 aromatic rings. The minimum Gasteiger partial charge on any atom is -0.325 e. The minimum absolute atomic E-state index is 0.298. The Morgan fingerprint density at radius 1 is 1.05 bits per heavy atom. The van der Waals surface area contributed by atoms with Crippen LogP contribution in [-0.2, 0) is 6.42 Å². The lowest BCUT2D eigenvalue weighted by Crippen LogP contribution is -2.35. The first-order valence-corrected chi connectivity index (χ1v) is 6.96. The van der Waals surface area contributed by atoms with Crippen LogP contribution in [0.25, 0.3) is 11.3 Å². The van der Waals surface area contributed by atoms with Gasteiger partial charge in [-0.2, -0.15) is 0 Å². The zero-order chi connectivity index (χ0) is 14.9. The van der Waals surface area contributed by atoms with Crippen molar-refractivity contribution >= 4 is 0 Å². The smallest absolute Gasteiger partial charge is 0.131 e.